The largest absolute Gasteiger partial charge is 0.379 e. The Morgan fingerprint density at radius 1 is 0.742 bits per heavy atom. The molecule has 1 aliphatic rings. The van der Waals surface area contributed by atoms with Gasteiger partial charge in [-0.25, -0.2) is 0 Å². The zero-order valence-electron chi connectivity index (χ0n) is 18.6. The molecule has 0 aliphatic carbocycles. The van der Waals surface area contributed by atoms with E-state index in [1.54, 1.807) is 0 Å². The molecule has 0 spiro atoms. The minimum Gasteiger partial charge on any atom is -0.379 e. The summed E-state index contributed by atoms with van der Waals surface area (Å²) in [6.45, 7) is 7.46. The smallest absolute Gasteiger partial charge is 0.253 e. The SMILES string of the molecule is CC(C)C(=O)CCOCCOCCOCCOCCCC(=O)CCN1C(=O)C=CC1=O. The van der Waals surface area contributed by atoms with Crippen molar-refractivity contribution in [2.75, 3.05) is 59.4 Å². The fourth-order valence-corrected chi connectivity index (χ4v) is 2.61. The van der Waals surface area contributed by atoms with E-state index in [2.05, 4.69) is 0 Å². The Kier molecular flexibility index (Phi) is 14.6. The van der Waals surface area contributed by atoms with Gasteiger partial charge in [0.05, 0.1) is 46.2 Å². The van der Waals surface area contributed by atoms with Gasteiger partial charge in [-0.1, -0.05) is 13.8 Å². The maximum absolute atomic E-state index is 11.8. The highest BCUT2D eigenvalue weighted by molar-refractivity contribution is 6.13. The molecule has 31 heavy (non-hydrogen) atoms. The van der Waals surface area contributed by atoms with Crippen molar-refractivity contribution in [2.45, 2.75) is 39.5 Å². The third kappa shape index (κ3) is 13.2. The van der Waals surface area contributed by atoms with E-state index in [4.69, 9.17) is 18.9 Å². The summed E-state index contributed by atoms with van der Waals surface area (Å²) in [5, 5.41) is 0. The molecule has 9 nitrogen and oxygen atoms in total. The first-order valence-corrected chi connectivity index (χ1v) is 10.8. The van der Waals surface area contributed by atoms with E-state index in [9.17, 15) is 19.2 Å². The Bertz CT molecular complexity index is 584. The molecule has 0 saturated heterocycles. The number of nitrogens with zero attached hydrogens (tertiary/aromatic N) is 1. The van der Waals surface area contributed by atoms with E-state index in [-0.39, 0.29) is 42.3 Å². The fraction of sp³-hybridized carbons (Fsp3) is 0.727. The number of imide groups is 1. The van der Waals surface area contributed by atoms with Crippen LogP contribution in [0.1, 0.15) is 39.5 Å². The van der Waals surface area contributed by atoms with Gasteiger partial charge in [0.2, 0.25) is 0 Å². The molecule has 0 aromatic heterocycles. The van der Waals surface area contributed by atoms with Crippen LogP contribution in [-0.2, 0) is 38.1 Å². The summed E-state index contributed by atoms with van der Waals surface area (Å²) in [6.07, 6.45) is 3.97. The number of ketones is 2. The number of Topliss-reactive ketones (excluding diaryl/α,β-unsaturated/α-hetero) is 2. The number of carbonyl (C=O) groups is 4. The van der Waals surface area contributed by atoms with E-state index in [0.29, 0.717) is 72.1 Å². The first-order chi connectivity index (χ1) is 14.9. The maximum Gasteiger partial charge on any atom is 0.253 e. The molecule has 0 aromatic carbocycles. The quantitative estimate of drug-likeness (QED) is 0.206. The molecule has 9 heteroatoms. The van der Waals surface area contributed by atoms with Gasteiger partial charge in [0, 0.05) is 50.5 Å². The van der Waals surface area contributed by atoms with Gasteiger partial charge in [0.15, 0.2) is 0 Å². The van der Waals surface area contributed by atoms with E-state index >= 15 is 0 Å². The lowest BCUT2D eigenvalue weighted by atomic mass is 10.1. The van der Waals surface area contributed by atoms with E-state index in [0.717, 1.165) is 4.90 Å². The van der Waals surface area contributed by atoms with Crippen LogP contribution in [0.15, 0.2) is 12.2 Å². The van der Waals surface area contributed by atoms with Crippen LogP contribution in [0.5, 0.6) is 0 Å². The van der Waals surface area contributed by atoms with Crippen molar-refractivity contribution < 1.29 is 38.1 Å². The number of amides is 2. The van der Waals surface area contributed by atoms with Crippen LogP contribution in [0.2, 0.25) is 0 Å². The van der Waals surface area contributed by atoms with Crippen molar-refractivity contribution in [3.63, 3.8) is 0 Å². The standard InChI is InChI=1S/C22H35NO8/c1-18(2)20(25)8-11-29-13-15-31-17-16-30-14-12-28-10-3-4-19(24)7-9-23-21(26)5-6-22(23)27/h5-6,18H,3-4,7-17H2,1-2H3. The van der Waals surface area contributed by atoms with Crippen molar-refractivity contribution in [2.24, 2.45) is 5.92 Å². The number of rotatable bonds is 20. The molecular weight excluding hydrogens is 406 g/mol. The van der Waals surface area contributed by atoms with Crippen LogP contribution in [0, 0.1) is 5.92 Å². The van der Waals surface area contributed by atoms with Crippen LogP contribution in [0.25, 0.3) is 0 Å². The van der Waals surface area contributed by atoms with Crippen molar-refractivity contribution in [3.05, 3.63) is 12.2 Å². The lowest BCUT2D eigenvalue weighted by Gasteiger charge is -2.12. The van der Waals surface area contributed by atoms with Crippen molar-refractivity contribution in [1.29, 1.82) is 0 Å². The van der Waals surface area contributed by atoms with Gasteiger partial charge in [0.1, 0.15) is 11.6 Å². The van der Waals surface area contributed by atoms with Crippen molar-refractivity contribution in [3.8, 4) is 0 Å². The van der Waals surface area contributed by atoms with Crippen LogP contribution in [0.3, 0.4) is 0 Å². The highest BCUT2D eigenvalue weighted by Crippen LogP contribution is 2.06. The number of ether oxygens (including phenoxy) is 4. The Hall–Kier alpha value is -1.94. The molecular formula is C22H35NO8. The van der Waals surface area contributed by atoms with Gasteiger partial charge in [0.25, 0.3) is 11.8 Å². The lowest BCUT2D eigenvalue weighted by Crippen LogP contribution is -2.32. The Labute approximate surface area is 184 Å². The Morgan fingerprint density at radius 3 is 1.74 bits per heavy atom. The van der Waals surface area contributed by atoms with Crippen LogP contribution < -0.4 is 0 Å². The summed E-state index contributed by atoms with van der Waals surface area (Å²) in [5.41, 5.74) is 0. The molecule has 1 aliphatic heterocycles. The summed E-state index contributed by atoms with van der Waals surface area (Å²) in [5.74, 6) is -0.481. The van der Waals surface area contributed by atoms with E-state index in [1.165, 1.54) is 12.2 Å². The van der Waals surface area contributed by atoms with Gasteiger partial charge in [-0.2, -0.15) is 0 Å². The number of hydrogen-bond acceptors (Lipinski definition) is 8. The molecule has 2 amide bonds. The van der Waals surface area contributed by atoms with Gasteiger partial charge < -0.3 is 18.9 Å². The average molecular weight is 442 g/mol. The number of hydrogen-bond donors (Lipinski definition) is 0. The average Bonchev–Trinajstić information content (AvgIpc) is 3.06. The normalized spacial score (nSPS) is 13.6. The number of carbonyl (C=O) groups excluding carboxylic acids is 4. The van der Waals surface area contributed by atoms with Gasteiger partial charge in [-0.15, -0.1) is 0 Å². The first-order valence-electron chi connectivity index (χ1n) is 10.8. The molecule has 0 atom stereocenters. The second-order valence-electron chi connectivity index (χ2n) is 7.37. The predicted octanol–water partition coefficient (Wildman–Crippen LogP) is 1.33. The van der Waals surface area contributed by atoms with Crippen LogP contribution >= 0.6 is 0 Å². The lowest BCUT2D eigenvalue weighted by molar-refractivity contribution is -0.137. The molecule has 176 valence electrons. The topological polar surface area (TPSA) is 108 Å². The summed E-state index contributed by atoms with van der Waals surface area (Å²) in [7, 11) is 0. The predicted molar refractivity (Wildman–Crippen MR) is 112 cm³/mol. The molecule has 1 rings (SSSR count). The van der Waals surface area contributed by atoms with Crippen molar-refractivity contribution >= 4 is 23.4 Å². The highest BCUT2D eigenvalue weighted by Gasteiger charge is 2.23. The molecule has 1 heterocycles. The minimum absolute atomic E-state index is 0.000000369. The zero-order chi connectivity index (χ0) is 22.9. The molecule has 0 N–H and O–H groups in total. The van der Waals surface area contributed by atoms with Gasteiger partial charge in [-0.05, 0) is 6.42 Å². The molecule has 0 aromatic rings. The second kappa shape index (κ2) is 16.7. The molecule has 0 bridgehead atoms. The monoisotopic (exact) mass is 441 g/mol. The molecule has 0 fully saturated rings. The second-order valence-corrected chi connectivity index (χ2v) is 7.37. The highest BCUT2D eigenvalue weighted by atomic mass is 16.6. The van der Waals surface area contributed by atoms with E-state index in [1.807, 2.05) is 13.8 Å². The molecule has 0 saturated carbocycles. The first kappa shape index (κ1) is 27.1. The fourth-order valence-electron chi connectivity index (χ4n) is 2.61. The van der Waals surface area contributed by atoms with Crippen molar-refractivity contribution in [1.82, 2.24) is 4.90 Å². The third-order valence-corrected chi connectivity index (χ3v) is 4.51. The third-order valence-electron chi connectivity index (χ3n) is 4.51. The molecule has 0 unspecified atom stereocenters. The maximum atomic E-state index is 11.8. The Balaban J connectivity index is 1.79. The summed E-state index contributed by atoms with van der Waals surface area (Å²) < 4.78 is 21.5. The zero-order valence-corrected chi connectivity index (χ0v) is 18.6. The molecule has 0 radical (unpaired) electrons. The minimum atomic E-state index is -0.366. The summed E-state index contributed by atoms with van der Waals surface area (Å²) in [6, 6.07) is 0. The van der Waals surface area contributed by atoms with Gasteiger partial charge >= 0.3 is 0 Å². The summed E-state index contributed by atoms with van der Waals surface area (Å²) >= 11 is 0. The Morgan fingerprint density at radius 2 is 1.23 bits per heavy atom. The summed E-state index contributed by atoms with van der Waals surface area (Å²) in [4.78, 5) is 47.0. The van der Waals surface area contributed by atoms with E-state index < -0.39 is 0 Å². The van der Waals surface area contributed by atoms with Gasteiger partial charge in [-0.3, -0.25) is 24.1 Å². The van der Waals surface area contributed by atoms with Crippen LogP contribution in [-0.4, -0.2) is 87.7 Å². The van der Waals surface area contributed by atoms with Crippen LogP contribution in [0.4, 0.5) is 0 Å².